The van der Waals surface area contributed by atoms with Crippen LogP contribution in [0, 0.1) is 19.3 Å². The number of hydrogen-bond acceptors (Lipinski definition) is 2. The minimum Gasteiger partial charge on any atom is -0.210 e. The molecule has 1 atom stereocenters. The van der Waals surface area contributed by atoms with E-state index >= 15 is 0 Å². The van der Waals surface area contributed by atoms with Gasteiger partial charge in [0.1, 0.15) is 0 Å². The number of terminal acetylenes is 1. The third-order valence-electron chi connectivity index (χ3n) is 3.95. The maximum atomic E-state index is 12.5. The normalized spacial score (nSPS) is 14.0. The molecule has 0 fully saturated rings. The highest BCUT2D eigenvalue weighted by atomic mass is 32.2. The van der Waals surface area contributed by atoms with Crippen molar-refractivity contribution in [3.05, 3.63) is 65.7 Å². The van der Waals surface area contributed by atoms with Crippen LogP contribution in [0.1, 0.15) is 24.5 Å². The van der Waals surface area contributed by atoms with Gasteiger partial charge in [0, 0.05) is 18.4 Å². The Kier molecular flexibility index (Phi) is 5.25. The lowest BCUT2D eigenvalue weighted by molar-refractivity contribution is 0.470. The molecule has 0 saturated carbocycles. The van der Waals surface area contributed by atoms with Gasteiger partial charge < -0.3 is 0 Å². The largest absolute Gasteiger partial charge is 0.240 e. The zero-order valence-electron chi connectivity index (χ0n) is 13.4. The zero-order chi connectivity index (χ0) is 16.9. The molecule has 0 aromatic heterocycles. The number of benzene rings is 2. The van der Waals surface area contributed by atoms with E-state index in [2.05, 4.69) is 10.6 Å². The van der Waals surface area contributed by atoms with Gasteiger partial charge in [-0.05, 0) is 24.6 Å². The first-order valence-corrected chi connectivity index (χ1v) is 8.91. The molecule has 4 heteroatoms. The second kappa shape index (κ2) is 6.99. The third-order valence-corrected chi connectivity index (χ3v) is 5.36. The topological polar surface area (TPSA) is 46.2 Å². The van der Waals surface area contributed by atoms with Crippen LogP contribution in [0.4, 0.5) is 0 Å². The van der Waals surface area contributed by atoms with Gasteiger partial charge in [0.2, 0.25) is 10.0 Å². The smallest absolute Gasteiger partial charge is 0.210 e. The molecule has 0 heterocycles. The van der Waals surface area contributed by atoms with Crippen LogP contribution in [-0.4, -0.2) is 15.0 Å². The van der Waals surface area contributed by atoms with E-state index in [1.165, 1.54) is 0 Å². The van der Waals surface area contributed by atoms with Gasteiger partial charge in [-0.25, -0.2) is 13.1 Å². The molecule has 0 saturated heterocycles. The average Bonchev–Trinajstić information content (AvgIpc) is 2.55. The third kappa shape index (κ3) is 4.22. The van der Waals surface area contributed by atoms with Crippen molar-refractivity contribution in [1.82, 2.24) is 4.72 Å². The molecule has 0 radical (unpaired) electrons. The molecule has 0 amide bonds. The summed E-state index contributed by atoms with van der Waals surface area (Å²) in [5.41, 5.74) is 1.59. The molecule has 0 aliphatic carbocycles. The SMILES string of the molecule is C#CCC(C)(CNS(=O)(=O)c1ccc(C)cc1)c1ccccc1. The Morgan fingerprint density at radius 3 is 2.26 bits per heavy atom. The number of aryl methyl sites for hydroxylation is 1. The van der Waals surface area contributed by atoms with Gasteiger partial charge in [-0.1, -0.05) is 55.0 Å². The molecule has 1 N–H and O–H groups in total. The van der Waals surface area contributed by atoms with Crippen molar-refractivity contribution in [2.75, 3.05) is 6.54 Å². The standard InChI is InChI=1S/C19H21NO2S/c1-4-14-19(3,17-8-6-5-7-9-17)15-20-23(21,22)18-12-10-16(2)11-13-18/h1,5-13,20H,14-15H2,2-3H3. The first kappa shape index (κ1) is 17.3. The van der Waals surface area contributed by atoms with Gasteiger partial charge in [0.05, 0.1) is 4.90 Å². The molecular weight excluding hydrogens is 306 g/mol. The van der Waals surface area contributed by atoms with Gasteiger partial charge in [-0.3, -0.25) is 0 Å². The van der Waals surface area contributed by atoms with Crippen molar-refractivity contribution < 1.29 is 8.42 Å². The Balaban J connectivity index is 2.22. The molecule has 3 nitrogen and oxygen atoms in total. The average molecular weight is 327 g/mol. The maximum absolute atomic E-state index is 12.5. The Morgan fingerprint density at radius 1 is 1.09 bits per heavy atom. The Hall–Kier alpha value is -2.09. The maximum Gasteiger partial charge on any atom is 0.240 e. The summed E-state index contributed by atoms with van der Waals surface area (Å²) in [4.78, 5) is 0.263. The first-order chi connectivity index (χ1) is 10.9. The lowest BCUT2D eigenvalue weighted by Gasteiger charge is -2.28. The highest BCUT2D eigenvalue weighted by Crippen LogP contribution is 2.27. The molecule has 1 unspecified atom stereocenters. The highest BCUT2D eigenvalue weighted by molar-refractivity contribution is 7.89. The van der Waals surface area contributed by atoms with E-state index in [4.69, 9.17) is 6.42 Å². The Labute approximate surface area is 138 Å². The van der Waals surface area contributed by atoms with Crippen LogP contribution in [0.3, 0.4) is 0 Å². The number of rotatable bonds is 6. The molecule has 2 aromatic rings. The van der Waals surface area contributed by atoms with Gasteiger partial charge in [-0.15, -0.1) is 12.3 Å². The lowest BCUT2D eigenvalue weighted by atomic mass is 9.80. The van der Waals surface area contributed by atoms with Crippen LogP contribution in [0.15, 0.2) is 59.5 Å². The Bertz CT molecular complexity index is 790. The summed E-state index contributed by atoms with van der Waals surface area (Å²) in [5.74, 6) is 2.66. The number of nitrogens with one attached hydrogen (secondary N) is 1. The van der Waals surface area contributed by atoms with E-state index in [-0.39, 0.29) is 11.4 Å². The molecule has 0 aliphatic heterocycles. The molecule has 2 rings (SSSR count). The molecule has 23 heavy (non-hydrogen) atoms. The summed E-state index contributed by atoms with van der Waals surface area (Å²) in [7, 11) is -3.56. The van der Waals surface area contributed by atoms with Crippen LogP contribution in [0.5, 0.6) is 0 Å². The number of sulfonamides is 1. The second-order valence-corrected chi connectivity index (χ2v) is 7.71. The summed E-state index contributed by atoms with van der Waals surface area (Å²) in [6.45, 7) is 4.14. The monoisotopic (exact) mass is 327 g/mol. The van der Waals surface area contributed by atoms with Crippen molar-refractivity contribution in [2.45, 2.75) is 30.6 Å². The van der Waals surface area contributed by atoms with E-state index in [0.717, 1.165) is 11.1 Å². The fourth-order valence-corrected chi connectivity index (χ4v) is 3.56. The van der Waals surface area contributed by atoms with E-state index in [1.54, 1.807) is 24.3 Å². The molecule has 0 spiro atoms. The molecule has 0 bridgehead atoms. The Morgan fingerprint density at radius 2 is 1.70 bits per heavy atom. The van der Waals surface area contributed by atoms with Crippen molar-refractivity contribution in [3.8, 4) is 12.3 Å². The predicted octanol–water partition coefficient (Wildman–Crippen LogP) is 3.25. The van der Waals surface area contributed by atoms with E-state index in [1.807, 2.05) is 44.2 Å². The molecule has 120 valence electrons. The summed E-state index contributed by atoms with van der Waals surface area (Å²) < 4.78 is 27.6. The van der Waals surface area contributed by atoms with E-state index in [9.17, 15) is 8.42 Å². The highest BCUT2D eigenvalue weighted by Gasteiger charge is 2.28. The van der Waals surface area contributed by atoms with Crippen molar-refractivity contribution in [3.63, 3.8) is 0 Å². The minimum atomic E-state index is -3.56. The number of hydrogen-bond donors (Lipinski definition) is 1. The lowest BCUT2D eigenvalue weighted by Crippen LogP contribution is -2.38. The van der Waals surface area contributed by atoms with Gasteiger partial charge in [0.25, 0.3) is 0 Å². The first-order valence-electron chi connectivity index (χ1n) is 7.43. The molecular formula is C19H21NO2S. The summed E-state index contributed by atoms with van der Waals surface area (Å²) >= 11 is 0. The fourth-order valence-electron chi connectivity index (χ4n) is 2.39. The predicted molar refractivity (Wildman–Crippen MR) is 93.6 cm³/mol. The minimum absolute atomic E-state index is 0.247. The van der Waals surface area contributed by atoms with Crippen LogP contribution in [0.25, 0.3) is 0 Å². The van der Waals surface area contributed by atoms with Gasteiger partial charge >= 0.3 is 0 Å². The molecule has 2 aromatic carbocycles. The van der Waals surface area contributed by atoms with Crippen LogP contribution in [-0.2, 0) is 15.4 Å². The zero-order valence-corrected chi connectivity index (χ0v) is 14.2. The second-order valence-electron chi connectivity index (χ2n) is 5.95. The summed E-state index contributed by atoms with van der Waals surface area (Å²) in [6, 6.07) is 16.5. The van der Waals surface area contributed by atoms with E-state index < -0.39 is 15.4 Å². The summed E-state index contributed by atoms with van der Waals surface area (Å²) in [5, 5.41) is 0. The van der Waals surface area contributed by atoms with Crippen LogP contribution < -0.4 is 4.72 Å². The van der Waals surface area contributed by atoms with Gasteiger partial charge in [0.15, 0.2) is 0 Å². The van der Waals surface area contributed by atoms with E-state index in [0.29, 0.717) is 6.42 Å². The van der Waals surface area contributed by atoms with Crippen molar-refractivity contribution in [2.24, 2.45) is 0 Å². The summed E-state index contributed by atoms with van der Waals surface area (Å²) in [6.07, 6.45) is 5.94. The van der Waals surface area contributed by atoms with Crippen molar-refractivity contribution in [1.29, 1.82) is 0 Å². The molecule has 0 aliphatic rings. The van der Waals surface area contributed by atoms with Crippen LogP contribution in [0.2, 0.25) is 0 Å². The van der Waals surface area contributed by atoms with Crippen LogP contribution >= 0.6 is 0 Å². The fraction of sp³-hybridized carbons (Fsp3) is 0.263. The quantitative estimate of drug-likeness (QED) is 0.828. The van der Waals surface area contributed by atoms with Crippen molar-refractivity contribution >= 4 is 10.0 Å². The van der Waals surface area contributed by atoms with Gasteiger partial charge in [-0.2, -0.15) is 0 Å².